The van der Waals surface area contributed by atoms with Gasteiger partial charge in [-0.3, -0.25) is 9.78 Å². The third-order valence-corrected chi connectivity index (χ3v) is 4.13. The second-order valence-electron chi connectivity index (χ2n) is 6.15. The van der Waals surface area contributed by atoms with Gasteiger partial charge in [-0.2, -0.15) is 0 Å². The number of aryl methyl sites for hydroxylation is 1. The molecule has 2 N–H and O–H groups in total. The zero-order valence-electron chi connectivity index (χ0n) is 16.6. The molecule has 8 heteroatoms. The van der Waals surface area contributed by atoms with Crippen LogP contribution in [0.2, 0.25) is 0 Å². The van der Waals surface area contributed by atoms with E-state index in [-0.39, 0.29) is 11.5 Å². The molecular formula is C22H20F2N2O4. The van der Waals surface area contributed by atoms with Crippen LogP contribution in [0.3, 0.4) is 0 Å². The molecule has 0 unspecified atom stereocenters. The summed E-state index contributed by atoms with van der Waals surface area (Å²) in [7, 11) is 0. The molecule has 0 aliphatic carbocycles. The van der Waals surface area contributed by atoms with Crippen LogP contribution in [0.25, 0.3) is 11.3 Å². The number of nitrogens with zero attached hydrogens (tertiary/aromatic N) is 1. The lowest BCUT2D eigenvalue weighted by Gasteiger charge is -2.09. The summed E-state index contributed by atoms with van der Waals surface area (Å²) in [5.41, 5.74) is 7.89. The molecular weight excluding hydrogens is 394 g/mol. The van der Waals surface area contributed by atoms with Crippen molar-refractivity contribution in [1.82, 2.24) is 4.98 Å². The van der Waals surface area contributed by atoms with Gasteiger partial charge in [-0.15, -0.1) is 8.78 Å². The topological polar surface area (TPSA) is 83.7 Å². The van der Waals surface area contributed by atoms with Gasteiger partial charge in [0.15, 0.2) is 11.5 Å². The third-order valence-electron chi connectivity index (χ3n) is 4.13. The lowest BCUT2D eigenvalue weighted by atomic mass is 10.0. The molecule has 0 spiro atoms. The number of carbonyl (C=O) groups excluding carboxylic acids is 1. The fourth-order valence-electron chi connectivity index (χ4n) is 2.86. The number of amides is 1. The van der Waals surface area contributed by atoms with Crippen LogP contribution >= 0.6 is 0 Å². The van der Waals surface area contributed by atoms with Gasteiger partial charge >= 0.3 is 6.29 Å². The van der Waals surface area contributed by atoms with E-state index >= 15 is 0 Å². The van der Waals surface area contributed by atoms with Crippen molar-refractivity contribution in [2.24, 2.45) is 5.73 Å². The Bertz CT molecular complexity index is 1090. The normalized spacial score (nSPS) is 13.2. The van der Waals surface area contributed by atoms with Crippen molar-refractivity contribution in [1.29, 1.82) is 0 Å². The van der Waals surface area contributed by atoms with Crippen molar-refractivity contribution in [2.75, 3.05) is 0 Å². The number of nitrogens with two attached hydrogens (primary N) is 1. The van der Waals surface area contributed by atoms with Crippen LogP contribution in [0.5, 0.6) is 23.0 Å². The molecule has 4 rings (SSSR count). The quantitative estimate of drug-likeness (QED) is 0.627. The van der Waals surface area contributed by atoms with Crippen LogP contribution in [0.1, 0.15) is 29.8 Å². The van der Waals surface area contributed by atoms with E-state index < -0.39 is 12.2 Å². The highest BCUT2D eigenvalue weighted by molar-refractivity contribution is 5.94. The summed E-state index contributed by atoms with van der Waals surface area (Å²) in [6.07, 6.45) is -2.12. The first-order valence-corrected chi connectivity index (χ1v) is 9.25. The molecule has 0 radical (unpaired) electrons. The minimum atomic E-state index is -3.68. The van der Waals surface area contributed by atoms with Crippen LogP contribution in [0.4, 0.5) is 8.78 Å². The number of alkyl halides is 2. The van der Waals surface area contributed by atoms with Gasteiger partial charge in [-0.1, -0.05) is 19.9 Å². The standard InChI is InChI=1S/C20H14F2N2O4.C2H6/c1-11-8-12(2-4-15(11)19(23)25)16-9-14(6-7-24-16)26-13-3-5-17-18(10-13)28-20(21,22)27-17;1-2/h2-10H,1H3,(H2,23,25);1-2H3. The number of hydrogen-bond acceptors (Lipinski definition) is 5. The lowest BCUT2D eigenvalue weighted by Crippen LogP contribution is -2.25. The molecule has 6 nitrogen and oxygen atoms in total. The second kappa shape index (κ2) is 8.36. The smallest absolute Gasteiger partial charge is 0.457 e. The minimum Gasteiger partial charge on any atom is -0.457 e. The number of aromatic nitrogens is 1. The van der Waals surface area contributed by atoms with Gasteiger partial charge in [0.2, 0.25) is 5.91 Å². The van der Waals surface area contributed by atoms with Crippen LogP contribution in [-0.2, 0) is 0 Å². The van der Waals surface area contributed by atoms with E-state index in [1.807, 2.05) is 13.8 Å². The van der Waals surface area contributed by atoms with Gasteiger partial charge in [0.25, 0.3) is 0 Å². The van der Waals surface area contributed by atoms with E-state index in [2.05, 4.69) is 14.5 Å². The van der Waals surface area contributed by atoms with Gasteiger partial charge in [0, 0.05) is 29.5 Å². The summed E-state index contributed by atoms with van der Waals surface area (Å²) in [5.74, 6) is 0.0967. The first kappa shape index (κ1) is 21.0. The fraction of sp³-hybridized carbons (Fsp3) is 0.182. The fourth-order valence-corrected chi connectivity index (χ4v) is 2.86. The number of benzene rings is 2. The average Bonchev–Trinajstić information content (AvgIpc) is 3.02. The molecule has 0 saturated heterocycles. The number of halogens is 2. The number of fused-ring (bicyclic) bond motifs is 1. The largest absolute Gasteiger partial charge is 0.586 e. The van der Waals surface area contributed by atoms with E-state index in [0.29, 0.717) is 22.8 Å². The van der Waals surface area contributed by atoms with Crippen LogP contribution in [0, 0.1) is 6.92 Å². The maximum Gasteiger partial charge on any atom is 0.586 e. The molecule has 3 aromatic rings. The van der Waals surface area contributed by atoms with Crippen molar-refractivity contribution >= 4 is 5.91 Å². The van der Waals surface area contributed by atoms with Gasteiger partial charge < -0.3 is 19.9 Å². The number of rotatable bonds is 4. The molecule has 1 aliphatic rings. The molecule has 156 valence electrons. The summed E-state index contributed by atoms with van der Waals surface area (Å²) in [6, 6.07) is 12.7. The van der Waals surface area contributed by atoms with Crippen molar-refractivity contribution in [3.8, 4) is 34.3 Å². The minimum absolute atomic E-state index is 0.0576. The molecule has 1 aliphatic heterocycles. The monoisotopic (exact) mass is 414 g/mol. The second-order valence-corrected chi connectivity index (χ2v) is 6.15. The Morgan fingerprint density at radius 3 is 2.40 bits per heavy atom. The van der Waals surface area contributed by atoms with Gasteiger partial charge in [-0.25, -0.2) is 0 Å². The molecule has 1 amide bonds. The lowest BCUT2D eigenvalue weighted by molar-refractivity contribution is -0.286. The van der Waals surface area contributed by atoms with E-state index in [1.54, 1.807) is 43.5 Å². The molecule has 2 heterocycles. The number of pyridine rings is 1. The number of primary amides is 1. The Kier molecular flexibility index (Phi) is 5.86. The van der Waals surface area contributed by atoms with Crippen LogP contribution in [-0.4, -0.2) is 17.2 Å². The maximum atomic E-state index is 13.1. The Hall–Kier alpha value is -3.68. The van der Waals surface area contributed by atoms with E-state index in [0.717, 1.165) is 11.1 Å². The average molecular weight is 414 g/mol. The zero-order valence-corrected chi connectivity index (χ0v) is 16.6. The summed E-state index contributed by atoms with van der Waals surface area (Å²) < 4.78 is 40.8. The highest BCUT2D eigenvalue weighted by Crippen LogP contribution is 2.43. The predicted molar refractivity (Wildman–Crippen MR) is 107 cm³/mol. The summed E-state index contributed by atoms with van der Waals surface area (Å²) in [6.45, 7) is 5.78. The van der Waals surface area contributed by atoms with Gasteiger partial charge in [0.05, 0.1) is 5.69 Å². The Balaban J connectivity index is 0.00000124. The Labute approximate surface area is 172 Å². The molecule has 1 aromatic heterocycles. The van der Waals surface area contributed by atoms with E-state index in [9.17, 15) is 13.6 Å². The van der Waals surface area contributed by atoms with Crippen LogP contribution in [0.15, 0.2) is 54.7 Å². The van der Waals surface area contributed by atoms with E-state index in [1.165, 1.54) is 18.2 Å². The molecule has 2 aromatic carbocycles. The number of hydrogen-bond donors (Lipinski definition) is 1. The van der Waals surface area contributed by atoms with Gasteiger partial charge in [0.1, 0.15) is 11.5 Å². The predicted octanol–water partition coefficient (Wildman–Crippen LogP) is 5.30. The third kappa shape index (κ3) is 4.48. The molecule has 0 bridgehead atoms. The molecule has 0 atom stereocenters. The van der Waals surface area contributed by atoms with Crippen LogP contribution < -0.4 is 19.9 Å². The maximum absolute atomic E-state index is 13.1. The zero-order chi connectivity index (χ0) is 21.9. The Morgan fingerprint density at radius 1 is 1.00 bits per heavy atom. The highest BCUT2D eigenvalue weighted by Gasteiger charge is 2.43. The molecule has 30 heavy (non-hydrogen) atoms. The summed E-state index contributed by atoms with van der Waals surface area (Å²) in [4.78, 5) is 15.7. The van der Waals surface area contributed by atoms with Crippen molar-refractivity contribution in [3.63, 3.8) is 0 Å². The van der Waals surface area contributed by atoms with Gasteiger partial charge in [-0.05, 0) is 42.8 Å². The first-order chi connectivity index (χ1) is 14.3. The number of carbonyl (C=O) groups is 1. The van der Waals surface area contributed by atoms with Crippen molar-refractivity contribution in [2.45, 2.75) is 27.1 Å². The molecule has 0 fully saturated rings. The molecule has 0 saturated carbocycles. The van der Waals surface area contributed by atoms with E-state index in [4.69, 9.17) is 10.5 Å². The van der Waals surface area contributed by atoms with Crippen molar-refractivity contribution in [3.05, 3.63) is 65.9 Å². The number of ether oxygens (including phenoxy) is 3. The summed E-state index contributed by atoms with van der Waals surface area (Å²) in [5, 5.41) is 0. The highest BCUT2D eigenvalue weighted by atomic mass is 19.3. The SMILES string of the molecule is CC.Cc1cc(-c2cc(Oc3ccc4c(c3)OC(F)(F)O4)ccn2)ccc1C(N)=O. The van der Waals surface area contributed by atoms with Crippen molar-refractivity contribution < 1.29 is 27.8 Å². The summed E-state index contributed by atoms with van der Waals surface area (Å²) >= 11 is 0. The Morgan fingerprint density at radius 2 is 1.70 bits per heavy atom. The first-order valence-electron chi connectivity index (χ1n) is 9.25.